The molecule has 0 aliphatic rings. The van der Waals surface area contributed by atoms with E-state index in [1.165, 1.54) is 6.20 Å². The van der Waals surface area contributed by atoms with Crippen molar-refractivity contribution < 1.29 is 9.90 Å². The first-order valence-corrected chi connectivity index (χ1v) is 5.66. The van der Waals surface area contributed by atoms with Gasteiger partial charge in [0.1, 0.15) is 0 Å². The number of hydrogen-bond acceptors (Lipinski definition) is 2. The molecule has 5 heteroatoms. The normalized spacial score (nSPS) is 11.4. The molecule has 0 aliphatic heterocycles. The SMILES string of the molecule is CN(C)/C=C(\C(=O)O)c1ccc(Br)cc1Cl. The van der Waals surface area contributed by atoms with E-state index in [0.29, 0.717) is 10.6 Å². The van der Waals surface area contributed by atoms with Crippen LogP contribution < -0.4 is 0 Å². The molecule has 1 aromatic rings. The Morgan fingerprint density at radius 3 is 2.56 bits per heavy atom. The van der Waals surface area contributed by atoms with Crippen LogP contribution in [0, 0.1) is 0 Å². The minimum atomic E-state index is -1.00. The number of rotatable bonds is 3. The molecule has 0 atom stereocenters. The highest BCUT2D eigenvalue weighted by molar-refractivity contribution is 9.10. The van der Waals surface area contributed by atoms with Gasteiger partial charge in [0.15, 0.2) is 0 Å². The van der Waals surface area contributed by atoms with E-state index in [9.17, 15) is 4.79 Å². The zero-order chi connectivity index (χ0) is 12.3. The first-order chi connectivity index (χ1) is 7.41. The summed E-state index contributed by atoms with van der Waals surface area (Å²) in [6.45, 7) is 0. The number of carboxylic acid groups (broad SMARTS) is 1. The summed E-state index contributed by atoms with van der Waals surface area (Å²) in [5.41, 5.74) is 0.675. The van der Waals surface area contributed by atoms with Crippen molar-refractivity contribution in [2.45, 2.75) is 0 Å². The van der Waals surface area contributed by atoms with Crippen LogP contribution in [0.1, 0.15) is 5.56 Å². The smallest absolute Gasteiger partial charge is 0.337 e. The van der Waals surface area contributed by atoms with Crippen molar-refractivity contribution in [2.24, 2.45) is 0 Å². The summed E-state index contributed by atoms with van der Waals surface area (Å²) < 4.78 is 0.816. The second-order valence-corrected chi connectivity index (χ2v) is 4.76. The van der Waals surface area contributed by atoms with Crippen LogP contribution >= 0.6 is 27.5 Å². The predicted octanol–water partition coefficient (Wildman–Crippen LogP) is 3.09. The van der Waals surface area contributed by atoms with Gasteiger partial charge in [-0.25, -0.2) is 4.79 Å². The van der Waals surface area contributed by atoms with E-state index in [1.807, 2.05) is 0 Å². The molecule has 1 rings (SSSR count). The summed E-state index contributed by atoms with van der Waals surface area (Å²) in [5, 5.41) is 9.51. The van der Waals surface area contributed by atoms with Crippen LogP contribution in [0.25, 0.3) is 5.57 Å². The lowest BCUT2D eigenvalue weighted by molar-refractivity contribution is -0.130. The minimum Gasteiger partial charge on any atom is -0.478 e. The molecule has 1 aromatic carbocycles. The topological polar surface area (TPSA) is 40.5 Å². The fraction of sp³-hybridized carbons (Fsp3) is 0.182. The number of halogens is 2. The van der Waals surface area contributed by atoms with Gasteiger partial charge in [-0.1, -0.05) is 33.6 Å². The van der Waals surface area contributed by atoms with E-state index in [4.69, 9.17) is 16.7 Å². The maximum atomic E-state index is 11.1. The first kappa shape index (κ1) is 13.1. The maximum absolute atomic E-state index is 11.1. The lowest BCUT2D eigenvalue weighted by Gasteiger charge is -2.10. The summed E-state index contributed by atoms with van der Waals surface area (Å²) in [5.74, 6) is -1.00. The quantitative estimate of drug-likeness (QED) is 0.872. The van der Waals surface area contributed by atoms with E-state index in [0.717, 1.165) is 4.47 Å². The molecule has 0 bridgehead atoms. The summed E-state index contributed by atoms with van der Waals surface area (Å²) in [4.78, 5) is 12.8. The van der Waals surface area contributed by atoms with Crippen LogP contribution in [-0.2, 0) is 4.79 Å². The van der Waals surface area contributed by atoms with Crippen LogP contribution in [0.15, 0.2) is 28.9 Å². The number of hydrogen-bond donors (Lipinski definition) is 1. The van der Waals surface area contributed by atoms with Gasteiger partial charge in [0.05, 0.1) is 5.57 Å². The third-order valence-electron chi connectivity index (χ3n) is 1.84. The molecule has 16 heavy (non-hydrogen) atoms. The van der Waals surface area contributed by atoms with Crippen molar-refractivity contribution in [2.75, 3.05) is 14.1 Å². The highest BCUT2D eigenvalue weighted by Crippen LogP contribution is 2.27. The molecular weight excluding hydrogens is 293 g/mol. The molecule has 0 saturated carbocycles. The summed E-state index contributed by atoms with van der Waals surface area (Å²) >= 11 is 9.27. The van der Waals surface area contributed by atoms with E-state index in [1.54, 1.807) is 37.2 Å². The zero-order valence-corrected chi connectivity index (χ0v) is 11.2. The molecule has 0 unspecified atom stereocenters. The van der Waals surface area contributed by atoms with Gasteiger partial charge in [0, 0.05) is 35.4 Å². The Hall–Kier alpha value is -1.000. The average molecular weight is 305 g/mol. The van der Waals surface area contributed by atoms with Crippen molar-refractivity contribution in [1.29, 1.82) is 0 Å². The van der Waals surface area contributed by atoms with E-state index < -0.39 is 5.97 Å². The molecule has 0 saturated heterocycles. The van der Waals surface area contributed by atoms with Crippen LogP contribution in [0.3, 0.4) is 0 Å². The second kappa shape index (κ2) is 5.37. The molecule has 0 spiro atoms. The summed E-state index contributed by atoms with van der Waals surface area (Å²) in [6, 6.07) is 5.10. The van der Waals surface area contributed by atoms with Crippen molar-refractivity contribution in [3.8, 4) is 0 Å². The van der Waals surface area contributed by atoms with E-state index in [2.05, 4.69) is 15.9 Å². The average Bonchev–Trinajstić information content (AvgIpc) is 2.14. The lowest BCUT2D eigenvalue weighted by atomic mass is 10.1. The third-order valence-corrected chi connectivity index (χ3v) is 2.64. The summed E-state index contributed by atoms with van der Waals surface area (Å²) in [6.07, 6.45) is 1.53. The van der Waals surface area contributed by atoms with Gasteiger partial charge >= 0.3 is 5.97 Å². The highest BCUT2D eigenvalue weighted by atomic mass is 79.9. The number of carboxylic acids is 1. The standard InChI is InChI=1S/C11H11BrClNO2/c1-14(2)6-9(11(15)16)8-4-3-7(12)5-10(8)13/h3-6H,1-2H3,(H,15,16)/b9-6-. The van der Waals surface area contributed by atoms with Gasteiger partial charge in [-0.2, -0.15) is 0 Å². The first-order valence-electron chi connectivity index (χ1n) is 4.49. The van der Waals surface area contributed by atoms with Crippen molar-refractivity contribution in [1.82, 2.24) is 4.90 Å². The van der Waals surface area contributed by atoms with E-state index >= 15 is 0 Å². The molecule has 0 amide bonds. The Morgan fingerprint density at radius 1 is 1.50 bits per heavy atom. The Kier molecular flexibility index (Phi) is 4.38. The number of carbonyl (C=O) groups is 1. The largest absolute Gasteiger partial charge is 0.478 e. The molecule has 1 N–H and O–H groups in total. The Bertz CT molecular complexity index is 444. The van der Waals surface area contributed by atoms with E-state index in [-0.39, 0.29) is 5.57 Å². The molecule has 0 aromatic heterocycles. The number of benzene rings is 1. The van der Waals surface area contributed by atoms with Crippen molar-refractivity contribution >= 4 is 39.1 Å². The van der Waals surface area contributed by atoms with Gasteiger partial charge < -0.3 is 10.0 Å². The zero-order valence-electron chi connectivity index (χ0n) is 8.87. The molecular formula is C11H11BrClNO2. The lowest BCUT2D eigenvalue weighted by Crippen LogP contribution is -2.08. The van der Waals surface area contributed by atoms with Crippen LogP contribution in [0.5, 0.6) is 0 Å². The Labute approximate surface area is 107 Å². The van der Waals surface area contributed by atoms with Gasteiger partial charge in [0.2, 0.25) is 0 Å². The van der Waals surface area contributed by atoms with Gasteiger partial charge in [-0.3, -0.25) is 0 Å². The molecule has 3 nitrogen and oxygen atoms in total. The Balaban J connectivity index is 3.27. The second-order valence-electron chi connectivity index (χ2n) is 3.44. The Morgan fingerprint density at radius 2 is 2.12 bits per heavy atom. The van der Waals surface area contributed by atoms with Gasteiger partial charge in [-0.05, 0) is 12.1 Å². The molecule has 0 fully saturated rings. The molecule has 0 aliphatic carbocycles. The monoisotopic (exact) mass is 303 g/mol. The molecule has 0 heterocycles. The number of aliphatic carboxylic acids is 1. The van der Waals surface area contributed by atoms with Gasteiger partial charge in [0.25, 0.3) is 0 Å². The fourth-order valence-corrected chi connectivity index (χ4v) is 1.98. The van der Waals surface area contributed by atoms with Crippen LogP contribution in [-0.4, -0.2) is 30.1 Å². The fourth-order valence-electron chi connectivity index (χ4n) is 1.21. The minimum absolute atomic E-state index is 0.169. The number of nitrogens with zero attached hydrogens (tertiary/aromatic N) is 1. The predicted molar refractivity (Wildman–Crippen MR) is 68.5 cm³/mol. The van der Waals surface area contributed by atoms with Crippen molar-refractivity contribution in [3.63, 3.8) is 0 Å². The third kappa shape index (κ3) is 3.25. The van der Waals surface area contributed by atoms with Crippen LogP contribution in [0.2, 0.25) is 5.02 Å². The molecule has 0 radical (unpaired) electrons. The maximum Gasteiger partial charge on any atom is 0.337 e. The highest BCUT2D eigenvalue weighted by Gasteiger charge is 2.14. The molecule has 86 valence electrons. The van der Waals surface area contributed by atoms with Gasteiger partial charge in [-0.15, -0.1) is 0 Å². The van der Waals surface area contributed by atoms with Crippen molar-refractivity contribution in [3.05, 3.63) is 39.5 Å². The van der Waals surface area contributed by atoms with Crippen LogP contribution in [0.4, 0.5) is 0 Å². The summed E-state index contributed by atoms with van der Waals surface area (Å²) in [7, 11) is 3.52.